The molecule has 1 aromatic heterocycles. The molecule has 0 atom stereocenters. The number of aromatic nitrogens is 2. The maximum absolute atomic E-state index is 12.5. The zero-order valence-corrected chi connectivity index (χ0v) is 15.5. The van der Waals surface area contributed by atoms with Gasteiger partial charge in [-0.1, -0.05) is 22.8 Å². The average molecular weight is 390 g/mol. The van der Waals surface area contributed by atoms with E-state index in [1.165, 1.54) is 33.5 Å². The number of amides is 1. The van der Waals surface area contributed by atoms with E-state index in [4.69, 9.17) is 30.2 Å². The van der Waals surface area contributed by atoms with E-state index >= 15 is 0 Å². The molecule has 0 aliphatic carbocycles. The minimum absolute atomic E-state index is 0.0521. The normalized spacial score (nSPS) is 10.4. The number of benzene rings is 2. The number of methoxy groups -OCH3 is 3. The quantitative estimate of drug-likeness (QED) is 0.687. The number of hydrogen-bond acceptors (Lipinski definition) is 7. The van der Waals surface area contributed by atoms with Crippen molar-refractivity contribution >= 4 is 23.5 Å². The van der Waals surface area contributed by atoms with Crippen LogP contribution in [0.25, 0.3) is 11.5 Å². The molecule has 9 heteroatoms. The van der Waals surface area contributed by atoms with Crippen molar-refractivity contribution in [2.24, 2.45) is 0 Å². The second-order valence-electron chi connectivity index (χ2n) is 5.29. The highest BCUT2D eigenvalue weighted by atomic mass is 35.5. The van der Waals surface area contributed by atoms with Crippen LogP contribution < -0.4 is 19.5 Å². The van der Waals surface area contributed by atoms with E-state index in [1.54, 1.807) is 24.3 Å². The van der Waals surface area contributed by atoms with Gasteiger partial charge in [-0.15, -0.1) is 5.10 Å². The van der Waals surface area contributed by atoms with Crippen LogP contribution in [-0.2, 0) is 0 Å². The standard InChI is InChI=1S/C18H16ClN3O5/c1-24-13-8-11(9-14(25-2)15(13)26-3)16(23)20-18-22-21-17(27-18)10-5-4-6-12(19)7-10/h4-9H,1-3H3,(H,20,22,23). The molecule has 0 saturated carbocycles. The van der Waals surface area contributed by atoms with Crippen LogP contribution in [0.15, 0.2) is 40.8 Å². The van der Waals surface area contributed by atoms with E-state index in [0.29, 0.717) is 27.8 Å². The molecule has 0 unspecified atom stereocenters. The van der Waals surface area contributed by atoms with Crippen LogP contribution >= 0.6 is 11.6 Å². The lowest BCUT2D eigenvalue weighted by Crippen LogP contribution is -2.13. The molecule has 0 saturated heterocycles. The van der Waals surface area contributed by atoms with Gasteiger partial charge in [0.15, 0.2) is 11.5 Å². The number of ether oxygens (including phenoxy) is 3. The third-order valence-corrected chi connectivity index (χ3v) is 3.88. The van der Waals surface area contributed by atoms with E-state index in [0.717, 1.165) is 0 Å². The van der Waals surface area contributed by atoms with E-state index < -0.39 is 5.91 Å². The molecule has 3 aromatic rings. The van der Waals surface area contributed by atoms with Gasteiger partial charge in [0.1, 0.15) is 0 Å². The number of carbonyl (C=O) groups excluding carboxylic acids is 1. The monoisotopic (exact) mass is 389 g/mol. The lowest BCUT2D eigenvalue weighted by Gasteiger charge is -2.13. The Labute approximate surface area is 160 Å². The Balaban J connectivity index is 1.84. The molecule has 1 amide bonds. The molecule has 0 aliphatic heterocycles. The Morgan fingerprint density at radius 1 is 1.04 bits per heavy atom. The van der Waals surface area contributed by atoms with Gasteiger partial charge in [-0.05, 0) is 30.3 Å². The van der Waals surface area contributed by atoms with E-state index in [9.17, 15) is 4.79 Å². The van der Waals surface area contributed by atoms with Crippen molar-refractivity contribution < 1.29 is 23.4 Å². The Morgan fingerprint density at radius 3 is 2.33 bits per heavy atom. The summed E-state index contributed by atoms with van der Waals surface area (Å²) in [5.41, 5.74) is 0.912. The summed E-state index contributed by atoms with van der Waals surface area (Å²) in [6.45, 7) is 0. The van der Waals surface area contributed by atoms with Crippen LogP contribution in [0.2, 0.25) is 5.02 Å². The summed E-state index contributed by atoms with van der Waals surface area (Å²) in [7, 11) is 4.42. The highest BCUT2D eigenvalue weighted by Crippen LogP contribution is 2.38. The van der Waals surface area contributed by atoms with Gasteiger partial charge < -0.3 is 18.6 Å². The zero-order valence-electron chi connectivity index (χ0n) is 14.8. The first-order valence-corrected chi connectivity index (χ1v) is 8.14. The van der Waals surface area contributed by atoms with Gasteiger partial charge in [-0.25, -0.2) is 0 Å². The van der Waals surface area contributed by atoms with Crippen molar-refractivity contribution in [3.8, 4) is 28.7 Å². The van der Waals surface area contributed by atoms with Gasteiger partial charge in [0.25, 0.3) is 5.91 Å². The molecule has 0 radical (unpaired) electrons. The van der Waals surface area contributed by atoms with Crippen molar-refractivity contribution in [1.29, 1.82) is 0 Å². The molecule has 2 aromatic carbocycles. The first kappa shape index (κ1) is 18.5. The van der Waals surface area contributed by atoms with Gasteiger partial charge in [0, 0.05) is 16.1 Å². The van der Waals surface area contributed by atoms with E-state index in [1.807, 2.05) is 0 Å². The van der Waals surface area contributed by atoms with E-state index in [2.05, 4.69) is 15.5 Å². The third-order valence-electron chi connectivity index (χ3n) is 3.64. The van der Waals surface area contributed by atoms with Crippen LogP contribution in [0.4, 0.5) is 6.01 Å². The molecule has 0 spiro atoms. The molecule has 0 fully saturated rings. The molecule has 0 aliphatic rings. The first-order valence-electron chi connectivity index (χ1n) is 7.76. The van der Waals surface area contributed by atoms with Gasteiger partial charge in [0.05, 0.1) is 21.3 Å². The number of rotatable bonds is 6. The molecule has 0 bridgehead atoms. The fourth-order valence-electron chi connectivity index (χ4n) is 2.39. The second-order valence-corrected chi connectivity index (χ2v) is 5.73. The summed E-state index contributed by atoms with van der Waals surface area (Å²) < 4.78 is 21.2. The number of anilines is 1. The predicted octanol–water partition coefficient (Wildman–Crippen LogP) is 3.67. The second kappa shape index (κ2) is 7.96. The maximum atomic E-state index is 12.5. The van der Waals surface area contributed by atoms with Gasteiger partial charge in [0.2, 0.25) is 11.6 Å². The molecule has 27 heavy (non-hydrogen) atoms. The fraction of sp³-hybridized carbons (Fsp3) is 0.167. The van der Waals surface area contributed by atoms with Gasteiger partial charge in [-0.2, -0.15) is 0 Å². The average Bonchev–Trinajstić information content (AvgIpc) is 3.15. The minimum Gasteiger partial charge on any atom is -0.493 e. The summed E-state index contributed by atoms with van der Waals surface area (Å²) in [4.78, 5) is 12.5. The largest absolute Gasteiger partial charge is 0.493 e. The highest BCUT2D eigenvalue weighted by molar-refractivity contribution is 6.30. The summed E-state index contributed by atoms with van der Waals surface area (Å²) in [5.74, 6) is 0.852. The van der Waals surface area contributed by atoms with Crippen molar-refractivity contribution in [2.75, 3.05) is 26.6 Å². The Morgan fingerprint density at radius 2 is 1.74 bits per heavy atom. The fourth-order valence-corrected chi connectivity index (χ4v) is 2.58. The smallest absolute Gasteiger partial charge is 0.322 e. The number of carbonyl (C=O) groups is 1. The van der Waals surface area contributed by atoms with Crippen molar-refractivity contribution in [1.82, 2.24) is 10.2 Å². The topological polar surface area (TPSA) is 95.7 Å². The molecular weight excluding hydrogens is 374 g/mol. The lowest BCUT2D eigenvalue weighted by atomic mass is 10.1. The molecule has 1 N–H and O–H groups in total. The molecule has 3 rings (SSSR count). The maximum Gasteiger partial charge on any atom is 0.322 e. The SMILES string of the molecule is COc1cc(C(=O)Nc2nnc(-c3cccc(Cl)c3)o2)cc(OC)c1OC. The van der Waals surface area contributed by atoms with Crippen LogP contribution in [0.3, 0.4) is 0 Å². The zero-order chi connectivity index (χ0) is 19.4. The summed E-state index contributed by atoms with van der Waals surface area (Å²) in [6, 6.07) is 9.92. The number of hydrogen-bond donors (Lipinski definition) is 1. The minimum atomic E-state index is -0.476. The lowest BCUT2D eigenvalue weighted by molar-refractivity contribution is 0.102. The van der Waals surface area contributed by atoms with Crippen molar-refractivity contribution in [3.63, 3.8) is 0 Å². The molecule has 8 nitrogen and oxygen atoms in total. The van der Waals surface area contributed by atoms with Crippen molar-refractivity contribution in [3.05, 3.63) is 47.0 Å². The number of halogens is 1. The highest BCUT2D eigenvalue weighted by Gasteiger charge is 2.19. The van der Waals surface area contributed by atoms with Crippen LogP contribution in [-0.4, -0.2) is 37.4 Å². The molecular formula is C18H16ClN3O5. The molecule has 140 valence electrons. The van der Waals surface area contributed by atoms with Gasteiger partial charge in [-0.3, -0.25) is 10.1 Å². The van der Waals surface area contributed by atoms with E-state index in [-0.39, 0.29) is 17.5 Å². The summed E-state index contributed by atoms with van der Waals surface area (Å²) in [6.07, 6.45) is 0. The predicted molar refractivity (Wildman–Crippen MR) is 98.8 cm³/mol. The Bertz CT molecular complexity index is 948. The third kappa shape index (κ3) is 3.95. The Kier molecular flexibility index (Phi) is 5.46. The molecule has 1 heterocycles. The number of nitrogens with one attached hydrogen (secondary N) is 1. The summed E-state index contributed by atoms with van der Waals surface area (Å²) in [5, 5.41) is 10.8. The first-order chi connectivity index (χ1) is 13.0. The van der Waals surface area contributed by atoms with Gasteiger partial charge >= 0.3 is 6.01 Å². The van der Waals surface area contributed by atoms with Crippen LogP contribution in [0.5, 0.6) is 17.2 Å². The summed E-state index contributed by atoms with van der Waals surface area (Å²) >= 11 is 5.95. The van der Waals surface area contributed by atoms with Crippen LogP contribution in [0, 0.1) is 0 Å². The number of nitrogens with zero attached hydrogens (tertiary/aromatic N) is 2. The van der Waals surface area contributed by atoms with Crippen molar-refractivity contribution in [2.45, 2.75) is 0 Å². The van der Waals surface area contributed by atoms with Crippen LogP contribution in [0.1, 0.15) is 10.4 Å². The Hall–Kier alpha value is -3.26.